The van der Waals surface area contributed by atoms with Gasteiger partial charge in [-0.2, -0.15) is 0 Å². The molecule has 1 rings (SSSR count). The van der Waals surface area contributed by atoms with E-state index in [-0.39, 0.29) is 5.91 Å². The predicted octanol–water partition coefficient (Wildman–Crippen LogP) is 2.94. The maximum Gasteiger partial charge on any atom is 0.236 e. The fourth-order valence-corrected chi connectivity index (χ4v) is 2.10. The molecule has 0 saturated heterocycles. The van der Waals surface area contributed by atoms with Crippen LogP contribution < -0.4 is 0 Å². The Hall–Kier alpha value is -1.35. The van der Waals surface area contributed by atoms with Gasteiger partial charge in [-0.15, -0.1) is 0 Å². The normalized spacial score (nSPS) is 10.8. The number of nitrogens with zero attached hydrogens (tertiary/aromatic N) is 2. The second kappa shape index (κ2) is 8.75. The van der Waals surface area contributed by atoms with Gasteiger partial charge in [0.25, 0.3) is 0 Å². The molecule has 0 radical (unpaired) electrons. The molecule has 0 aromatic heterocycles. The molecule has 0 saturated carbocycles. The minimum atomic E-state index is 0.183. The van der Waals surface area contributed by atoms with Crippen LogP contribution in [0.1, 0.15) is 37.8 Å². The molecule has 1 aromatic carbocycles. The van der Waals surface area contributed by atoms with Crippen LogP contribution in [0.25, 0.3) is 0 Å². The summed E-state index contributed by atoms with van der Waals surface area (Å²) in [5, 5.41) is 0. The van der Waals surface area contributed by atoms with Crippen molar-refractivity contribution >= 4 is 5.91 Å². The average molecular weight is 276 g/mol. The standard InChI is InChI=1S/C17H28N2O/c1-5-7-12-18(3)14-17(20)19(4)13-16-10-8-15(6-2)9-11-16/h8-11H,5-7,12-14H2,1-4H3. The second-order valence-corrected chi connectivity index (χ2v) is 5.51. The molecular formula is C17H28N2O. The van der Waals surface area contributed by atoms with Gasteiger partial charge in [0.15, 0.2) is 0 Å². The summed E-state index contributed by atoms with van der Waals surface area (Å²) >= 11 is 0. The first-order valence-corrected chi connectivity index (χ1v) is 7.57. The Labute approximate surface area is 123 Å². The summed E-state index contributed by atoms with van der Waals surface area (Å²) < 4.78 is 0. The monoisotopic (exact) mass is 276 g/mol. The second-order valence-electron chi connectivity index (χ2n) is 5.51. The number of amides is 1. The number of rotatable bonds is 8. The van der Waals surface area contributed by atoms with E-state index in [0.717, 1.165) is 25.8 Å². The molecule has 0 aliphatic heterocycles. The molecule has 1 amide bonds. The van der Waals surface area contributed by atoms with E-state index in [0.29, 0.717) is 13.1 Å². The van der Waals surface area contributed by atoms with E-state index in [2.05, 4.69) is 43.0 Å². The summed E-state index contributed by atoms with van der Waals surface area (Å²) in [7, 11) is 3.89. The highest BCUT2D eigenvalue weighted by molar-refractivity contribution is 5.77. The number of carbonyl (C=O) groups is 1. The van der Waals surface area contributed by atoms with Crippen LogP contribution in [0, 0.1) is 0 Å². The quantitative estimate of drug-likeness (QED) is 0.729. The molecule has 0 atom stereocenters. The molecule has 0 bridgehead atoms. The maximum atomic E-state index is 12.1. The van der Waals surface area contributed by atoms with E-state index < -0.39 is 0 Å². The van der Waals surface area contributed by atoms with Gasteiger partial charge in [-0.1, -0.05) is 44.5 Å². The number of benzene rings is 1. The largest absolute Gasteiger partial charge is 0.340 e. The molecule has 3 nitrogen and oxygen atoms in total. The van der Waals surface area contributed by atoms with Crippen LogP contribution >= 0.6 is 0 Å². The summed E-state index contributed by atoms with van der Waals surface area (Å²) in [6.45, 7) is 6.49. The third kappa shape index (κ3) is 5.74. The average Bonchev–Trinajstić information content (AvgIpc) is 2.45. The summed E-state index contributed by atoms with van der Waals surface area (Å²) in [5.74, 6) is 0.183. The van der Waals surface area contributed by atoms with E-state index in [1.54, 1.807) is 0 Å². The zero-order chi connectivity index (χ0) is 15.0. The molecule has 0 N–H and O–H groups in total. The van der Waals surface area contributed by atoms with Crippen molar-refractivity contribution in [3.8, 4) is 0 Å². The molecule has 0 unspecified atom stereocenters. The number of likely N-dealkylation sites (N-methyl/N-ethyl adjacent to an activating group) is 2. The summed E-state index contributed by atoms with van der Waals surface area (Å²) in [5.41, 5.74) is 2.52. The lowest BCUT2D eigenvalue weighted by Gasteiger charge is -2.22. The highest BCUT2D eigenvalue weighted by Crippen LogP contribution is 2.07. The fraction of sp³-hybridized carbons (Fsp3) is 0.588. The van der Waals surface area contributed by atoms with Crippen molar-refractivity contribution in [1.82, 2.24) is 9.80 Å². The lowest BCUT2D eigenvalue weighted by Crippen LogP contribution is -2.36. The smallest absolute Gasteiger partial charge is 0.236 e. The zero-order valence-corrected chi connectivity index (χ0v) is 13.4. The predicted molar refractivity (Wildman–Crippen MR) is 84.7 cm³/mol. The van der Waals surface area contributed by atoms with Gasteiger partial charge >= 0.3 is 0 Å². The summed E-state index contributed by atoms with van der Waals surface area (Å²) in [6.07, 6.45) is 3.36. The molecule has 0 aliphatic rings. The van der Waals surface area contributed by atoms with Crippen molar-refractivity contribution in [3.05, 3.63) is 35.4 Å². The Morgan fingerprint density at radius 3 is 2.20 bits per heavy atom. The van der Waals surface area contributed by atoms with Crippen molar-refractivity contribution in [1.29, 1.82) is 0 Å². The topological polar surface area (TPSA) is 23.6 Å². The van der Waals surface area contributed by atoms with Crippen molar-refractivity contribution < 1.29 is 4.79 Å². The van der Waals surface area contributed by atoms with Crippen molar-refractivity contribution in [2.75, 3.05) is 27.2 Å². The van der Waals surface area contributed by atoms with Crippen LogP contribution in [-0.2, 0) is 17.8 Å². The Morgan fingerprint density at radius 1 is 1.05 bits per heavy atom. The maximum absolute atomic E-state index is 12.1. The number of hydrogen-bond donors (Lipinski definition) is 0. The molecule has 1 aromatic rings. The van der Waals surface area contributed by atoms with Crippen LogP contribution in [-0.4, -0.2) is 42.9 Å². The van der Waals surface area contributed by atoms with Crippen LogP contribution in [0.15, 0.2) is 24.3 Å². The number of carbonyl (C=O) groups excluding carboxylic acids is 1. The lowest BCUT2D eigenvalue weighted by molar-refractivity contribution is -0.131. The van der Waals surface area contributed by atoms with Gasteiger partial charge < -0.3 is 4.90 Å². The molecule has 3 heteroatoms. The van der Waals surface area contributed by atoms with Crippen molar-refractivity contribution in [3.63, 3.8) is 0 Å². The van der Waals surface area contributed by atoms with Gasteiger partial charge in [0, 0.05) is 13.6 Å². The van der Waals surface area contributed by atoms with Crippen LogP contribution in [0.3, 0.4) is 0 Å². The van der Waals surface area contributed by atoms with E-state index in [4.69, 9.17) is 0 Å². The molecule has 112 valence electrons. The van der Waals surface area contributed by atoms with Crippen LogP contribution in [0.4, 0.5) is 0 Å². The summed E-state index contributed by atoms with van der Waals surface area (Å²) in [6, 6.07) is 8.51. The fourth-order valence-electron chi connectivity index (χ4n) is 2.10. The van der Waals surface area contributed by atoms with E-state index >= 15 is 0 Å². The first-order valence-electron chi connectivity index (χ1n) is 7.57. The number of aryl methyl sites for hydroxylation is 1. The van der Waals surface area contributed by atoms with Crippen LogP contribution in [0.2, 0.25) is 0 Å². The van der Waals surface area contributed by atoms with Gasteiger partial charge in [-0.3, -0.25) is 9.69 Å². The highest BCUT2D eigenvalue weighted by atomic mass is 16.2. The molecule has 20 heavy (non-hydrogen) atoms. The Balaban J connectivity index is 2.44. The van der Waals surface area contributed by atoms with Crippen molar-refractivity contribution in [2.45, 2.75) is 39.7 Å². The first-order chi connectivity index (χ1) is 9.56. The number of unbranched alkanes of at least 4 members (excludes halogenated alkanes) is 1. The van der Waals surface area contributed by atoms with Gasteiger partial charge in [0.05, 0.1) is 6.54 Å². The molecule has 0 aliphatic carbocycles. The van der Waals surface area contributed by atoms with Gasteiger partial charge in [-0.05, 0) is 37.6 Å². The Kier molecular flexibility index (Phi) is 7.31. The molecule has 0 spiro atoms. The Morgan fingerprint density at radius 2 is 1.65 bits per heavy atom. The van der Waals surface area contributed by atoms with Crippen LogP contribution in [0.5, 0.6) is 0 Å². The summed E-state index contributed by atoms with van der Waals surface area (Å²) in [4.78, 5) is 16.0. The minimum Gasteiger partial charge on any atom is -0.340 e. The molecule has 0 fully saturated rings. The SMILES string of the molecule is CCCCN(C)CC(=O)N(C)Cc1ccc(CC)cc1. The third-order valence-corrected chi connectivity index (χ3v) is 3.58. The van der Waals surface area contributed by atoms with E-state index in [1.807, 2.05) is 19.0 Å². The van der Waals surface area contributed by atoms with Gasteiger partial charge in [0.1, 0.15) is 0 Å². The Bertz CT molecular complexity index is 400. The van der Waals surface area contributed by atoms with Gasteiger partial charge in [0.2, 0.25) is 5.91 Å². The molecular weight excluding hydrogens is 248 g/mol. The zero-order valence-electron chi connectivity index (χ0n) is 13.4. The highest BCUT2D eigenvalue weighted by Gasteiger charge is 2.11. The third-order valence-electron chi connectivity index (χ3n) is 3.58. The van der Waals surface area contributed by atoms with Gasteiger partial charge in [-0.25, -0.2) is 0 Å². The number of hydrogen-bond acceptors (Lipinski definition) is 2. The van der Waals surface area contributed by atoms with E-state index in [1.165, 1.54) is 11.1 Å². The van der Waals surface area contributed by atoms with E-state index in [9.17, 15) is 4.79 Å². The first kappa shape index (κ1) is 16.7. The lowest BCUT2D eigenvalue weighted by atomic mass is 10.1. The molecule has 0 heterocycles. The van der Waals surface area contributed by atoms with Crippen molar-refractivity contribution in [2.24, 2.45) is 0 Å². The minimum absolute atomic E-state index is 0.183.